The molecule has 3 saturated heterocycles. The highest BCUT2D eigenvalue weighted by atomic mass is 16.3. The highest BCUT2D eigenvalue weighted by molar-refractivity contribution is 5.98. The average molecular weight is 761 g/mol. The number of fused-ring (bicyclic) bond motifs is 2. The smallest absolute Gasteiger partial charge is 0.248 e. The van der Waals surface area contributed by atoms with E-state index in [4.69, 9.17) is 5.73 Å². The molecule has 3 aliphatic rings. The summed E-state index contributed by atoms with van der Waals surface area (Å²) >= 11 is 0. The van der Waals surface area contributed by atoms with Crippen LogP contribution in [0.25, 0.3) is 0 Å². The van der Waals surface area contributed by atoms with Gasteiger partial charge in [-0.3, -0.25) is 33.6 Å². The quantitative estimate of drug-likeness (QED) is 0.132. The van der Waals surface area contributed by atoms with Crippen LogP contribution < -0.4 is 32.3 Å². The lowest BCUT2D eigenvalue weighted by molar-refractivity contribution is -0.145. The van der Waals surface area contributed by atoms with Gasteiger partial charge in [0, 0.05) is 39.0 Å². The van der Waals surface area contributed by atoms with E-state index in [2.05, 4.69) is 26.6 Å². The Morgan fingerprint density at radius 2 is 1.43 bits per heavy atom. The van der Waals surface area contributed by atoms with Gasteiger partial charge in [-0.25, -0.2) is 0 Å². The first-order valence-corrected chi connectivity index (χ1v) is 18.1. The van der Waals surface area contributed by atoms with Crippen molar-refractivity contribution in [2.75, 3.05) is 19.6 Å². The van der Waals surface area contributed by atoms with E-state index < -0.39 is 102 Å². The van der Waals surface area contributed by atoms with Crippen molar-refractivity contribution in [1.29, 1.82) is 0 Å². The van der Waals surface area contributed by atoms with E-state index in [-0.39, 0.29) is 63.9 Å². The Morgan fingerprint density at radius 3 is 2.02 bits per heavy atom. The van der Waals surface area contributed by atoms with Crippen LogP contribution >= 0.6 is 0 Å². The summed E-state index contributed by atoms with van der Waals surface area (Å²) in [5.74, 6) is -5.36. The molecule has 11 N–H and O–H groups in total. The fourth-order valence-corrected chi connectivity index (χ4v) is 6.97. The van der Waals surface area contributed by atoms with Crippen LogP contribution in [-0.2, 0) is 40.0 Å². The van der Waals surface area contributed by atoms with Crippen LogP contribution in [0, 0.1) is 0 Å². The largest absolute Gasteiger partial charge is 0.508 e. The minimum atomic E-state index is -1.60. The van der Waals surface area contributed by atoms with Gasteiger partial charge in [0.15, 0.2) is 0 Å². The van der Waals surface area contributed by atoms with Crippen LogP contribution in [0.3, 0.4) is 0 Å². The number of hydrogen-bond donors (Lipinski definition) is 10. The number of aliphatic hydroxyl groups is 3. The molecule has 3 fully saturated rings. The lowest BCUT2D eigenvalue weighted by Crippen LogP contribution is -2.61. The molecule has 0 aliphatic carbocycles. The summed E-state index contributed by atoms with van der Waals surface area (Å²) in [6, 6.07) is -2.62. The lowest BCUT2D eigenvalue weighted by Gasteiger charge is -2.32. The van der Waals surface area contributed by atoms with Gasteiger partial charge >= 0.3 is 0 Å². The van der Waals surface area contributed by atoms with Crippen molar-refractivity contribution in [3.05, 3.63) is 29.8 Å². The molecule has 0 saturated carbocycles. The molecule has 3 aliphatic heterocycles. The Morgan fingerprint density at radius 1 is 0.852 bits per heavy atom. The standard InChI is InChI=1S/C35H52N8O11/c1-17(44)28-34(53)42-15-21(36)13-26(42)32(51)37-12-4-5-24(38-19(3)46)30(49)40-29(18(2)45)35(54)43-16-23(48)14-27(43)33(52)39-25(31(50)41-28)11-8-20-6-9-22(47)10-7-20/h6-7,9-10,17-18,21,23-29,44-45,47-48H,4-5,8,11-16,36H2,1-3H3,(H,37,51)(H,38,46)(H,39,52)(H,40,49)(H,41,50)/t17-,18-,21+,23-,24+,25+,26+,27+,28+,29+/m1/s1. The number of phenolic OH excluding ortho intramolecular Hbond substituents is 1. The molecule has 19 heteroatoms. The summed E-state index contributed by atoms with van der Waals surface area (Å²) in [4.78, 5) is 96.7. The number of hydrogen-bond acceptors (Lipinski definition) is 12. The van der Waals surface area contributed by atoms with Crippen molar-refractivity contribution in [2.24, 2.45) is 5.73 Å². The zero-order valence-electron chi connectivity index (χ0n) is 30.6. The van der Waals surface area contributed by atoms with E-state index in [9.17, 15) is 54.0 Å². The van der Waals surface area contributed by atoms with Gasteiger partial charge in [0.05, 0.1) is 18.3 Å². The second-order valence-corrected chi connectivity index (χ2v) is 14.3. The minimum Gasteiger partial charge on any atom is -0.508 e. The molecule has 0 spiro atoms. The van der Waals surface area contributed by atoms with Gasteiger partial charge in [-0.2, -0.15) is 0 Å². The molecule has 0 unspecified atom stereocenters. The Hall–Kier alpha value is -4.85. The predicted octanol–water partition coefficient (Wildman–Crippen LogP) is -4.15. The molecule has 0 aromatic heterocycles. The normalized spacial score (nSPS) is 30.5. The molecule has 1 aromatic carbocycles. The Bertz CT molecular complexity index is 1560. The van der Waals surface area contributed by atoms with Crippen LogP contribution in [-0.4, -0.2) is 152 Å². The zero-order valence-corrected chi connectivity index (χ0v) is 30.6. The van der Waals surface area contributed by atoms with Crippen LogP contribution in [0.2, 0.25) is 0 Å². The van der Waals surface area contributed by atoms with Gasteiger partial charge < -0.3 is 62.5 Å². The highest BCUT2D eigenvalue weighted by Crippen LogP contribution is 2.22. The molecule has 10 atom stereocenters. The second kappa shape index (κ2) is 18.5. The third kappa shape index (κ3) is 10.6. The summed E-state index contributed by atoms with van der Waals surface area (Å²) in [6.45, 7) is 3.33. The zero-order chi connectivity index (χ0) is 39.9. The number of nitrogens with two attached hydrogens (primary N) is 1. The molecule has 0 bridgehead atoms. The van der Waals surface area contributed by atoms with Crippen LogP contribution in [0.1, 0.15) is 58.4 Å². The molecule has 19 nitrogen and oxygen atoms in total. The molecular formula is C35H52N8O11. The molecular weight excluding hydrogens is 708 g/mol. The third-order valence-electron chi connectivity index (χ3n) is 9.83. The van der Waals surface area contributed by atoms with Crippen molar-refractivity contribution in [3.63, 3.8) is 0 Å². The van der Waals surface area contributed by atoms with Gasteiger partial charge in [-0.1, -0.05) is 12.1 Å². The maximum Gasteiger partial charge on any atom is 0.248 e. The SMILES string of the molecule is CC(=O)N[C@H]1CCCNC(=O)[C@@H]2C[C@H](N)CN2C(=O)[C@H]([C@@H](C)O)NC(=O)[C@H](CCc2ccc(O)cc2)NC(=O)[C@@H]2C[C@@H](O)CN2C(=O)[C@H]([C@@H](C)O)NC1=O. The number of nitrogens with one attached hydrogen (secondary N) is 5. The Labute approximate surface area is 312 Å². The van der Waals surface area contributed by atoms with Gasteiger partial charge in [0.1, 0.15) is 42.0 Å². The van der Waals surface area contributed by atoms with Crippen molar-refractivity contribution in [1.82, 2.24) is 36.4 Å². The summed E-state index contributed by atoms with van der Waals surface area (Å²) in [5, 5.41) is 54.5. The molecule has 298 valence electrons. The topological polar surface area (TPSA) is 293 Å². The Balaban J connectivity index is 1.71. The van der Waals surface area contributed by atoms with Crippen LogP contribution in [0.4, 0.5) is 0 Å². The van der Waals surface area contributed by atoms with Crippen LogP contribution in [0.5, 0.6) is 5.75 Å². The first-order chi connectivity index (χ1) is 25.5. The summed E-state index contributed by atoms with van der Waals surface area (Å²) in [6.07, 6.45) is -3.99. The summed E-state index contributed by atoms with van der Waals surface area (Å²) < 4.78 is 0. The monoisotopic (exact) mass is 760 g/mol. The number of nitrogens with zero attached hydrogens (tertiary/aromatic N) is 2. The number of amides is 7. The maximum absolute atomic E-state index is 13.9. The average Bonchev–Trinajstić information content (AvgIpc) is 3.70. The number of aryl methyl sites for hydroxylation is 1. The number of rotatable bonds is 6. The first kappa shape index (κ1) is 41.9. The number of aliphatic hydroxyl groups excluding tert-OH is 3. The number of phenols is 1. The number of carbonyl (C=O) groups is 7. The lowest BCUT2D eigenvalue weighted by atomic mass is 10.0. The van der Waals surface area contributed by atoms with Crippen molar-refractivity contribution in [3.8, 4) is 5.75 Å². The molecule has 0 radical (unpaired) electrons. The molecule has 54 heavy (non-hydrogen) atoms. The van der Waals surface area contributed by atoms with E-state index in [1.54, 1.807) is 12.1 Å². The number of aromatic hydroxyl groups is 1. The summed E-state index contributed by atoms with van der Waals surface area (Å²) in [5.41, 5.74) is 6.84. The van der Waals surface area contributed by atoms with Crippen LogP contribution in [0.15, 0.2) is 24.3 Å². The Kier molecular flexibility index (Phi) is 14.3. The van der Waals surface area contributed by atoms with E-state index >= 15 is 0 Å². The molecule has 3 heterocycles. The van der Waals surface area contributed by atoms with E-state index in [1.165, 1.54) is 37.8 Å². The minimum absolute atomic E-state index is 0.00559. The van der Waals surface area contributed by atoms with Crippen molar-refractivity contribution in [2.45, 2.75) is 120 Å². The molecule has 1 aromatic rings. The van der Waals surface area contributed by atoms with E-state index in [0.717, 1.165) is 4.90 Å². The fraction of sp³-hybridized carbons (Fsp3) is 0.629. The maximum atomic E-state index is 13.9. The second-order valence-electron chi connectivity index (χ2n) is 14.3. The fourth-order valence-electron chi connectivity index (χ4n) is 6.97. The third-order valence-corrected chi connectivity index (χ3v) is 9.83. The van der Waals surface area contributed by atoms with Gasteiger partial charge in [0.2, 0.25) is 41.4 Å². The summed E-state index contributed by atoms with van der Waals surface area (Å²) in [7, 11) is 0. The van der Waals surface area contributed by atoms with Crippen molar-refractivity contribution < 1.29 is 54.0 Å². The molecule has 4 rings (SSSR count). The highest BCUT2D eigenvalue weighted by Gasteiger charge is 2.45. The van der Waals surface area contributed by atoms with Crippen molar-refractivity contribution >= 4 is 41.4 Å². The van der Waals surface area contributed by atoms with E-state index in [1.807, 2.05) is 0 Å². The van der Waals surface area contributed by atoms with Gasteiger partial charge in [0.25, 0.3) is 0 Å². The number of benzene rings is 1. The molecule has 7 amide bonds. The van der Waals surface area contributed by atoms with Gasteiger partial charge in [-0.05, 0) is 63.6 Å². The predicted molar refractivity (Wildman–Crippen MR) is 190 cm³/mol. The van der Waals surface area contributed by atoms with Gasteiger partial charge in [-0.15, -0.1) is 0 Å². The first-order valence-electron chi connectivity index (χ1n) is 18.1. The number of carbonyl (C=O) groups excluding carboxylic acids is 7. The van der Waals surface area contributed by atoms with E-state index in [0.29, 0.717) is 5.56 Å².